The van der Waals surface area contributed by atoms with E-state index < -0.39 is 6.10 Å². The molecule has 2 atom stereocenters. The molecule has 0 bridgehead atoms. The van der Waals surface area contributed by atoms with Crippen LogP contribution in [0.25, 0.3) is 0 Å². The summed E-state index contributed by atoms with van der Waals surface area (Å²) < 4.78 is 16.8. The van der Waals surface area contributed by atoms with Gasteiger partial charge >= 0.3 is 0 Å². The van der Waals surface area contributed by atoms with Crippen LogP contribution < -0.4 is 10.1 Å². The van der Waals surface area contributed by atoms with E-state index in [4.69, 9.17) is 13.9 Å². The number of carbonyl (C=O) groups excluding carboxylic acids is 1. The fourth-order valence-electron chi connectivity index (χ4n) is 4.39. The molecule has 1 amide bonds. The summed E-state index contributed by atoms with van der Waals surface area (Å²) in [5.74, 6) is 1.80. The Morgan fingerprint density at radius 2 is 1.82 bits per heavy atom. The summed E-state index contributed by atoms with van der Waals surface area (Å²) >= 11 is 0. The number of likely N-dealkylation sites (tertiary alicyclic amines) is 1. The van der Waals surface area contributed by atoms with Crippen molar-refractivity contribution in [2.75, 3.05) is 52.5 Å². The molecule has 0 spiro atoms. The van der Waals surface area contributed by atoms with Crippen LogP contribution in [-0.4, -0.2) is 90.6 Å². The Kier molecular flexibility index (Phi) is 8.95. The molecule has 2 aliphatic rings. The second-order valence-electron chi connectivity index (χ2n) is 8.88. The van der Waals surface area contributed by atoms with Gasteiger partial charge in [-0.2, -0.15) is 0 Å². The van der Waals surface area contributed by atoms with E-state index in [-0.39, 0.29) is 18.6 Å². The van der Waals surface area contributed by atoms with E-state index in [1.807, 2.05) is 6.07 Å². The molecular formula is C25H35N3O6. The highest BCUT2D eigenvalue weighted by atomic mass is 16.5. The first-order valence-electron chi connectivity index (χ1n) is 12.0. The van der Waals surface area contributed by atoms with Crippen molar-refractivity contribution in [2.24, 2.45) is 0 Å². The Hall–Kier alpha value is -2.43. The smallest absolute Gasteiger partial charge is 0.251 e. The van der Waals surface area contributed by atoms with Crippen molar-refractivity contribution in [3.05, 3.63) is 53.5 Å². The van der Waals surface area contributed by atoms with Crippen molar-refractivity contribution < 1.29 is 28.9 Å². The number of amides is 1. The number of morpholine rings is 1. The first-order chi connectivity index (χ1) is 16.6. The molecule has 9 heteroatoms. The maximum Gasteiger partial charge on any atom is 0.251 e. The Morgan fingerprint density at radius 3 is 2.56 bits per heavy atom. The van der Waals surface area contributed by atoms with Crippen LogP contribution in [0.5, 0.6) is 5.75 Å². The van der Waals surface area contributed by atoms with E-state index in [9.17, 15) is 15.0 Å². The van der Waals surface area contributed by atoms with Gasteiger partial charge in [0.15, 0.2) is 0 Å². The van der Waals surface area contributed by atoms with E-state index in [1.54, 1.807) is 30.3 Å². The third-order valence-electron chi connectivity index (χ3n) is 6.36. The normalized spacial score (nSPS) is 22.3. The molecule has 2 aliphatic heterocycles. The Labute approximate surface area is 200 Å². The predicted octanol–water partition coefficient (Wildman–Crippen LogP) is 1.24. The van der Waals surface area contributed by atoms with E-state index in [2.05, 4.69) is 15.1 Å². The zero-order valence-corrected chi connectivity index (χ0v) is 19.5. The Balaban J connectivity index is 1.27. The van der Waals surface area contributed by atoms with Gasteiger partial charge in [0, 0.05) is 31.7 Å². The molecule has 4 rings (SSSR count). The average molecular weight is 474 g/mol. The Bertz CT molecular complexity index is 896. The van der Waals surface area contributed by atoms with Gasteiger partial charge in [-0.1, -0.05) is 0 Å². The lowest BCUT2D eigenvalue weighted by molar-refractivity contribution is 0.0322. The quantitative estimate of drug-likeness (QED) is 0.499. The van der Waals surface area contributed by atoms with Crippen molar-refractivity contribution in [1.29, 1.82) is 0 Å². The van der Waals surface area contributed by atoms with E-state index in [1.165, 1.54) is 0 Å². The van der Waals surface area contributed by atoms with E-state index >= 15 is 0 Å². The van der Waals surface area contributed by atoms with Crippen molar-refractivity contribution in [2.45, 2.75) is 38.1 Å². The topological polar surface area (TPSA) is 108 Å². The van der Waals surface area contributed by atoms with Gasteiger partial charge in [-0.3, -0.25) is 14.6 Å². The van der Waals surface area contributed by atoms with Crippen molar-refractivity contribution in [3.63, 3.8) is 0 Å². The highest BCUT2D eigenvalue weighted by Crippen LogP contribution is 2.18. The van der Waals surface area contributed by atoms with Gasteiger partial charge in [-0.25, -0.2) is 0 Å². The fraction of sp³-hybridized carbons (Fsp3) is 0.560. The molecular weight excluding hydrogens is 438 g/mol. The van der Waals surface area contributed by atoms with Gasteiger partial charge in [-0.15, -0.1) is 0 Å². The monoisotopic (exact) mass is 473 g/mol. The number of rotatable bonds is 9. The van der Waals surface area contributed by atoms with Gasteiger partial charge in [-0.05, 0) is 55.8 Å². The lowest BCUT2D eigenvalue weighted by Gasteiger charge is -2.26. The highest BCUT2D eigenvalue weighted by molar-refractivity contribution is 5.94. The molecule has 34 heavy (non-hydrogen) atoms. The summed E-state index contributed by atoms with van der Waals surface area (Å²) in [4.78, 5) is 17.3. The van der Waals surface area contributed by atoms with Crippen LogP contribution in [0.4, 0.5) is 0 Å². The van der Waals surface area contributed by atoms with E-state index in [0.717, 1.165) is 57.3 Å². The number of ether oxygens (including phenoxy) is 2. The maximum atomic E-state index is 12.9. The number of nitrogens with zero attached hydrogens (tertiary/aromatic N) is 2. The molecule has 3 N–H and O–H groups in total. The molecule has 2 fully saturated rings. The minimum atomic E-state index is -0.610. The molecule has 2 aromatic rings. The standard InChI is InChI=1S/C25H35N3O6/c29-18-22-8-7-21(34-22)16-28-9-1-2-24(30)23(17-28)26-25(31)19-3-5-20(6-4-19)33-15-12-27-10-13-32-14-11-27/h3-8,23-24,29-30H,1-2,9-18H2,(H,26,31)/t23-,24-/m1/s1. The number of nitrogens with one attached hydrogen (secondary N) is 1. The van der Waals surface area contributed by atoms with Crippen molar-refractivity contribution in [3.8, 4) is 5.75 Å². The molecule has 1 aromatic heterocycles. The molecule has 0 unspecified atom stereocenters. The largest absolute Gasteiger partial charge is 0.492 e. The predicted molar refractivity (Wildman–Crippen MR) is 126 cm³/mol. The summed E-state index contributed by atoms with van der Waals surface area (Å²) in [6.45, 7) is 6.59. The first kappa shape index (κ1) is 24.7. The van der Waals surface area contributed by atoms with Crippen LogP contribution >= 0.6 is 0 Å². The zero-order valence-electron chi connectivity index (χ0n) is 19.5. The maximum absolute atomic E-state index is 12.9. The number of furan rings is 1. The highest BCUT2D eigenvalue weighted by Gasteiger charge is 2.28. The first-order valence-corrected chi connectivity index (χ1v) is 12.0. The van der Waals surface area contributed by atoms with Crippen LogP contribution in [0, 0.1) is 0 Å². The number of hydrogen-bond acceptors (Lipinski definition) is 8. The molecule has 186 valence electrons. The number of benzene rings is 1. The van der Waals surface area contributed by atoms with Crippen LogP contribution in [0.3, 0.4) is 0 Å². The number of carbonyl (C=O) groups is 1. The van der Waals surface area contributed by atoms with Gasteiger partial charge in [0.2, 0.25) is 0 Å². The molecule has 0 saturated carbocycles. The lowest BCUT2D eigenvalue weighted by Crippen LogP contribution is -2.48. The summed E-state index contributed by atoms with van der Waals surface area (Å²) in [7, 11) is 0. The second-order valence-corrected chi connectivity index (χ2v) is 8.88. The molecule has 9 nitrogen and oxygen atoms in total. The van der Waals surface area contributed by atoms with Gasteiger partial charge in [0.05, 0.1) is 31.9 Å². The van der Waals surface area contributed by atoms with Gasteiger partial charge in [0.1, 0.15) is 30.5 Å². The number of aliphatic hydroxyl groups is 2. The average Bonchev–Trinajstić information content (AvgIpc) is 3.24. The third-order valence-corrected chi connectivity index (χ3v) is 6.36. The minimum Gasteiger partial charge on any atom is -0.492 e. The lowest BCUT2D eigenvalue weighted by atomic mass is 10.1. The third kappa shape index (κ3) is 7.04. The van der Waals surface area contributed by atoms with Gasteiger partial charge in [0.25, 0.3) is 5.91 Å². The van der Waals surface area contributed by atoms with Crippen molar-refractivity contribution in [1.82, 2.24) is 15.1 Å². The zero-order chi connectivity index (χ0) is 23.8. The molecule has 3 heterocycles. The SMILES string of the molecule is O=C(N[C@@H]1CN(Cc2ccc(CO)o2)CCC[C@H]1O)c1ccc(OCCN2CCOCC2)cc1. The van der Waals surface area contributed by atoms with Crippen LogP contribution in [0.1, 0.15) is 34.7 Å². The molecule has 0 aliphatic carbocycles. The summed E-state index contributed by atoms with van der Waals surface area (Å²) in [6, 6.07) is 10.3. The second kappa shape index (κ2) is 12.3. The van der Waals surface area contributed by atoms with E-state index in [0.29, 0.717) is 37.4 Å². The van der Waals surface area contributed by atoms with Crippen LogP contribution in [0.15, 0.2) is 40.8 Å². The minimum absolute atomic E-state index is 0.130. The molecule has 0 radical (unpaired) electrons. The number of hydrogen-bond donors (Lipinski definition) is 3. The fourth-order valence-corrected chi connectivity index (χ4v) is 4.39. The summed E-state index contributed by atoms with van der Waals surface area (Å²) in [5.41, 5.74) is 0.530. The van der Waals surface area contributed by atoms with Crippen molar-refractivity contribution >= 4 is 5.91 Å². The summed E-state index contributed by atoms with van der Waals surface area (Å²) in [5, 5.41) is 22.8. The van der Waals surface area contributed by atoms with Crippen LogP contribution in [-0.2, 0) is 17.9 Å². The number of aliphatic hydroxyl groups excluding tert-OH is 2. The molecule has 1 aromatic carbocycles. The van der Waals surface area contributed by atoms with Gasteiger partial charge < -0.3 is 29.4 Å². The summed E-state index contributed by atoms with van der Waals surface area (Å²) in [6.07, 6.45) is 0.844. The molecule has 2 saturated heterocycles. The Morgan fingerprint density at radius 1 is 1.06 bits per heavy atom. The van der Waals surface area contributed by atoms with Crippen LogP contribution in [0.2, 0.25) is 0 Å².